The first kappa shape index (κ1) is 19.7. The number of benzene rings is 2. The largest absolute Gasteiger partial charge is 0.497 e. The summed E-state index contributed by atoms with van der Waals surface area (Å²) in [6, 6.07) is 17.5. The lowest BCUT2D eigenvalue weighted by atomic mass is 10.0. The molecule has 0 fully saturated rings. The van der Waals surface area contributed by atoms with E-state index < -0.39 is 6.04 Å². The summed E-state index contributed by atoms with van der Waals surface area (Å²) in [5.41, 5.74) is 1.72. The maximum atomic E-state index is 13.2. The van der Waals surface area contributed by atoms with E-state index in [1.165, 1.54) is 5.01 Å². The molecule has 9 nitrogen and oxygen atoms in total. The highest BCUT2D eigenvalue weighted by Gasteiger charge is 2.35. The fourth-order valence-electron chi connectivity index (χ4n) is 3.73. The number of furan rings is 1. The normalized spacial score (nSPS) is 15.7. The van der Waals surface area contributed by atoms with Gasteiger partial charge in [0.05, 0.1) is 24.5 Å². The molecule has 0 bridgehead atoms. The van der Waals surface area contributed by atoms with Crippen LogP contribution in [0.15, 0.2) is 81.2 Å². The van der Waals surface area contributed by atoms with E-state index in [2.05, 4.69) is 15.4 Å². The summed E-state index contributed by atoms with van der Waals surface area (Å²) < 4.78 is 11.8. The van der Waals surface area contributed by atoms with Crippen molar-refractivity contribution < 1.29 is 13.9 Å². The maximum Gasteiger partial charge on any atom is 0.278 e. The Labute approximate surface area is 182 Å². The number of aromatic nitrogens is 3. The van der Waals surface area contributed by atoms with Gasteiger partial charge in [-0.3, -0.25) is 9.59 Å². The maximum absolute atomic E-state index is 13.2. The van der Waals surface area contributed by atoms with E-state index in [-0.39, 0.29) is 18.0 Å². The van der Waals surface area contributed by atoms with Crippen molar-refractivity contribution >= 4 is 22.5 Å². The van der Waals surface area contributed by atoms with Gasteiger partial charge in [0.2, 0.25) is 0 Å². The first-order chi connectivity index (χ1) is 15.6. The van der Waals surface area contributed by atoms with E-state index in [1.807, 2.05) is 24.3 Å². The predicted molar refractivity (Wildman–Crippen MR) is 116 cm³/mol. The summed E-state index contributed by atoms with van der Waals surface area (Å²) in [5, 5.41) is 14.3. The molecule has 0 saturated carbocycles. The van der Waals surface area contributed by atoms with Gasteiger partial charge in [0.15, 0.2) is 0 Å². The zero-order valence-electron chi connectivity index (χ0n) is 17.2. The number of hydrogen-bond donors (Lipinski definition) is 0. The second-order valence-electron chi connectivity index (χ2n) is 7.32. The van der Waals surface area contributed by atoms with Gasteiger partial charge in [-0.1, -0.05) is 17.3 Å². The van der Waals surface area contributed by atoms with Crippen LogP contribution in [0.3, 0.4) is 0 Å². The Balaban J connectivity index is 1.47. The number of fused-ring (bicyclic) bond motifs is 1. The quantitative estimate of drug-likeness (QED) is 0.483. The topological polar surface area (TPSA) is 103 Å². The summed E-state index contributed by atoms with van der Waals surface area (Å²) >= 11 is 0. The zero-order chi connectivity index (χ0) is 22.1. The first-order valence-corrected chi connectivity index (χ1v) is 10.0. The second-order valence-corrected chi connectivity index (χ2v) is 7.32. The van der Waals surface area contributed by atoms with Crippen molar-refractivity contribution in [3.05, 3.63) is 88.6 Å². The van der Waals surface area contributed by atoms with Gasteiger partial charge in [-0.25, -0.2) is 9.69 Å². The molecule has 0 aliphatic carbocycles. The number of amides is 1. The van der Waals surface area contributed by atoms with Gasteiger partial charge < -0.3 is 9.15 Å². The van der Waals surface area contributed by atoms with E-state index in [4.69, 9.17) is 9.15 Å². The van der Waals surface area contributed by atoms with Gasteiger partial charge in [-0.05, 0) is 54.1 Å². The number of nitrogens with zero attached hydrogens (tertiary/aromatic N) is 5. The summed E-state index contributed by atoms with van der Waals surface area (Å²) in [7, 11) is 1.60. The van der Waals surface area contributed by atoms with Gasteiger partial charge in [-0.15, -0.1) is 5.10 Å². The first-order valence-electron chi connectivity index (χ1n) is 10.0. The summed E-state index contributed by atoms with van der Waals surface area (Å²) in [6.07, 6.45) is 2.03. The SMILES string of the molecule is COc1ccc(C2=NN(C(=O)Cn3nnc4ccccc4c3=O)[C@H](c3ccco3)C2)cc1. The third-order valence-corrected chi connectivity index (χ3v) is 5.38. The van der Waals surface area contributed by atoms with E-state index in [0.717, 1.165) is 21.7 Å². The highest BCUT2D eigenvalue weighted by molar-refractivity contribution is 6.03. The van der Waals surface area contributed by atoms with Crippen LogP contribution in [0.2, 0.25) is 0 Å². The van der Waals surface area contributed by atoms with Crippen molar-refractivity contribution in [2.45, 2.75) is 19.0 Å². The van der Waals surface area contributed by atoms with Crippen molar-refractivity contribution in [3.63, 3.8) is 0 Å². The molecule has 9 heteroatoms. The van der Waals surface area contributed by atoms with Gasteiger partial charge >= 0.3 is 0 Å². The Kier molecular flexibility index (Phi) is 4.98. The van der Waals surface area contributed by atoms with E-state index in [0.29, 0.717) is 23.1 Å². The Morgan fingerprint density at radius 1 is 1.12 bits per heavy atom. The summed E-state index contributed by atoms with van der Waals surface area (Å²) in [5.74, 6) is 0.960. The Morgan fingerprint density at radius 3 is 2.69 bits per heavy atom. The molecule has 0 unspecified atom stereocenters. The van der Waals surface area contributed by atoms with Crippen molar-refractivity contribution in [3.8, 4) is 5.75 Å². The number of hydrogen-bond acceptors (Lipinski definition) is 7. The van der Waals surface area contributed by atoms with E-state index in [9.17, 15) is 9.59 Å². The molecule has 0 saturated heterocycles. The smallest absolute Gasteiger partial charge is 0.278 e. The molecule has 0 N–H and O–H groups in total. The highest BCUT2D eigenvalue weighted by atomic mass is 16.5. The molecule has 2 aromatic heterocycles. The molecule has 0 radical (unpaired) electrons. The molecule has 2 aromatic carbocycles. The minimum absolute atomic E-state index is 0.284. The standard InChI is InChI=1S/C23H19N5O4/c1-31-16-10-8-15(9-11-16)19-13-20(21-7-4-12-32-21)28(25-19)22(29)14-27-23(30)17-5-2-3-6-18(17)24-26-27/h2-12,20H,13-14H2,1H3/t20-/m0/s1. The molecule has 32 heavy (non-hydrogen) atoms. The van der Waals surface area contributed by atoms with Crippen LogP contribution in [-0.4, -0.2) is 38.7 Å². The average Bonchev–Trinajstić information content (AvgIpc) is 3.51. The van der Waals surface area contributed by atoms with Gasteiger partial charge in [-0.2, -0.15) is 5.10 Å². The van der Waals surface area contributed by atoms with Gasteiger partial charge in [0, 0.05) is 6.42 Å². The number of rotatable bonds is 5. The third kappa shape index (κ3) is 3.53. The molecule has 1 amide bonds. The lowest BCUT2D eigenvalue weighted by Gasteiger charge is -2.19. The number of hydrazone groups is 1. The predicted octanol–water partition coefficient (Wildman–Crippen LogP) is 2.77. The number of methoxy groups -OCH3 is 1. The zero-order valence-corrected chi connectivity index (χ0v) is 17.2. The molecule has 1 atom stereocenters. The second kappa shape index (κ2) is 8.10. The molecule has 4 aromatic rings. The van der Waals surface area contributed by atoms with Crippen LogP contribution in [0, 0.1) is 0 Å². The van der Waals surface area contributed by atoms with Crippen LogP contribution in [0.25, 0.3) is 10.9 Å². The van der Waals surface area contributed by atoms with Crippen LogP contribution in [0.4, 0.5) is 0 Å². The molecule has 1 aliphatic rings. The molecular formula is C23H19N5O4. The minimum Gasteiger partial charge on any atom is -0.497 e. The van der Waals surface area contributed by atoms with E-state index >= 15 is 0 Å². The average molecular weight is 429 g/mol. The molecule has 5 rings (SSSR count). The van der Waals surface area contributed by atoms with Gasteiger partial charge in [0.25, 0.3) is 11.5 Å². The van der Waals surface area contributed by atoms with Crippen LogP contribution < -0.4 is 10.3 Å². The number of ether oxygens (including phenoxy) is 1. The summed E-state index contributed by atoms with van der Waals surface area (Å²) in [6.45, 7) is -0.284. The fourth-order valence-corrected chi connectivity index (χ4v) is 3.73. The summed E-state index contributed by atoms with van der Waals surface area (Å²) in [4.78, 5) is 26.0. The Bertz CT molecular complexity index is 1360. The van der Waals surface area contributed by atoms with Crippen molar-refractivity contribution in [1.82, 2.24) is 20.0 Å². The van der Waals surface area contributed by atoms with Crippen molar-refractivity contribution in [1.29, 1.82) is 0 Å². The van der Waals surface area contributed by atoms with Crippen LogP contribution >= 0.6 is 0 Å². The minimum atomic E-state index is -0.418. The number of carbonyl (C=O) groups excluding carboxylic acids is 1. The molecular weight excluding hydrogens is 410 g/mol. The Hall–Kier alpha value is -4.27. The molecule has 160 valence electrons. The van der Waals surface area contributed by atoms with Crippen LogP contribution in [0.5, 0.6) is 5.75 Å². The van der Waals surface area contributed by atoms with Crippen LogP contribution in [-0.2, 0) is 11.3 Å². The lowest BCUT2D eigenvalue weighted by molar-refractivity contribution is -0.134. The number of carbonyl (C=O) groups is 1. The van der Waals surface area contributed by atoms with E-state index in [1.54, 1.807) is 49.8 Å². The third-order valence-electron chi connectivity index (χ3n) is 5.38. The monoisotopic (exact) mass is 429 g/mol. The molecule has 0 spiro atoms. The fraction of sp³-hybridized carbons (Fsp3) is 0.174. The van der Waals surface area contributed by atoms with Crippen molar-refractivity contribution in [2.24, 2.45) is 5.10 Å². The Morgan fingerprint density at radius 2 is 1.94 bits per heavy atom. The van der Waals surface area contributed by atoms with Crippen LogP contribution in [0.1, 0.15) is 23.8 Å². The lowest BCUT2D eigenvalue weighted by Crippen LogP contribution is -2.35. The van der Waals surface area contributed by atoms with Gasteiger partial charge in [0.1, 0.15) is 29.6 Å². The molecule has 1 aliphatic heterocycles. The molecule has 3 heterocycles. The van der Waals surface area contributed by atoms with Crippen molar-refractivity contribution in [2.75, 3.05) is 7.11 Å². The highest BCUT2D eigenvalue weighted by Crippen LogP contribution is 2.33.